The molecule has 1 aliphatic rings. The van der Waals surface area contributed by atoms with Crippen LogP contribution in [-0.4, -0.2) is 31.8 Å². The van der Waals surface area contributed by atoms with Crippen molar-refractivity contribution in [2.24, 2.45) is 0 Å². The number of carbonyl (C=O) groups is 1. The Balaban J connectivity index is 1.87. The van der Waals surface area contributed by atoms with E-state index in [-0.39, 0.29) is 11.8 Å². The molecule has 164 valence electrons. The normalized spacial score (nSPS) is 15.5. The number of hydrogen-bond acceptors (Lipinski definition) is 5. The van der Waals surface area contributed by atoms with Crippen molar-refractivity contribution in [2.45, 2.75) is 58.7 Å². The maximum atomic E-state index is 13.4. The molecule has 6 nitrogen and oxygen atoms in total. The fourth-order valence-electron chi connectivity index (χ4n) is 3.92. The molecule has 4 rings (SSSR count). The Hall–Kier alpha value is -2.75. The van der Waals surface area contributed by atoms with Crippen molar-refractivity contribution in [1.29, 1.82) is 0 Å². The van der Waals surface area contributed by atoms with Gasteiger partial charge in [-0.15, -0.1) is 0 Å². The van der Waals surface area contributed by atoms with Gasteiger partial charge in [-0.05, 0) is 30.9 Å². The van der Waals surface area contributed by atoms with Crippen LogP contribution in [0.4, 0.5) is 18.3 Å². The predicted octanol–water partition coefficient (Wildman–Crippen LogP) is 5.20. The second kappa shape index (κ2) is 8.07. The predicted molar refractivity (Wildman–Crippen MR) is 113 cm³/mol. The lowest BCUT2D eigenvalue weighted by molar-refractivity contribution is -0.142. The van der Waals surface area contributed by atoms with Gasteiger partial charge < -0.3 is 5.32 Å². The first-order valence-electron chi connectivity index (χ1n) is 10.1. The first-order chi connectivity index (χ1) is 14.7. The van der Waals surface area contributed by atoms with Gasteiger partial charge in [-0.1, -0.05) is 31.6 Å². The highest BCUT2D eigenvalue weighted by atomic mass is 32.1. The van der Waals surface area contributed by atoms with Gasteiger partial charge in [0.05, 0.1) is 22.0 Å². The molecule has 3 heterocycles. The molecule has 1 amide bonds. The molecule has 0 radical (unpaired) electrons. The third-order valence-corrected chi connectivity index (χ3v) is 6.13. The Kier molecular flexibility index (Phi) is 5.59. The van der Waals surface area contributed by atoms with E-state index in [4.69, 9.17) is 0 Å². The van der Waals surface area contributed by atoms with Crippen molar-refractivity contribution in [1.82, 2.24) is 19.7 Å². The van der Waals surface area contributed by atoms with Gasteiger partial charge in [-0.2, -0.15) is 18.3 Å². The summed E-state index contributed by atoms with van der Waals surface area (Å²) in [7, 11) is 0. The molecule has 3 aromatic heterocycles. The Bertz CT molecular complexity index is 1120. The standard InChI is InChI=1S/C21H22F3N5OS/c1-4-5-14-7-6-13(9-25-14)17-16-11(2)8-15-19(31-20(27-15)26-12(3)30)18(16)29(28-17)10-21(22,23)24/h6-7,9,11H,4-5,8,10H2,1-3H3,(H,26,27,30). The number of aryl methyl sites for hydroxylation is 1. The van der Waals surface area contributed by atoms with Gasteiger partial charge in [-0.25, -0.2) is 4.98 Å². The molecule has 1 unspecified atom stereocenters. The summed E-state index contributed by atoms with van der Waals surface area (Å²) < 4.78 is 41.1. The summed E-state index contributed by atoms with van der Waals surface area (Å²) in [6.45, 7) is 4.20. The summed E-state index contributed by atoms with van der Waals surface area (Å²) in [5.74, 6) is -0.357. The topological polar surface area (TPSA) is 72.7 Å². The lowest BCUT2D eigenvalue weighted by Gasteiger charge is -2.20. The monoisotopic (exact) mass is 449 g/mol. The minimum absolute atomic E-state index is 0.0814. The van der Waals surface area contributed by atoms with E-state index < -0.39 is 12.7 Å². The van der Waals surface area contributed by atoms with E-state index >= 15 is 0 Å². The van der Waals surface area contributed by atoms with Crippen LogP contribution in [-0.2, 0) is 24.2 Å². The number of anilines is 1. The fourth-order valence-corrected chi connectivity index (χ4v) is 5.02. The quantitative estimate of drug-likeness (QED) is 0.581. The zero-order valence-corrected chi connectivity index (χ0v) is 18.2. The minimum atomic E-state index is -4.42. The van der Waals surface area contributed by atoms with Crippen LogP contribution >= 0.6 is 11.3 Å². The number of nitrogens with zero attached hydrogens (tertiary/aromatic N) is 4. The number of fused-ring (bicyclic) bond motifs is 3. The third-order valence-electron chi connectivity index (χ3n) is 5.11. The van der Waals surface area contributed by atoms with Crippen LogP contribution in [0.1, 0.15) is 50.1 Å². The number of rotatable bonds is 5. The molecule has 0 fully saturated rings. The molecule has 1 aliphatic carbocycles. The van der Waals surface area contributed by atoms with Crippen LogP contribution < -0.4 is 5.32 Å². The van der Waals surface area contributed by atoms with Crippen LogP contribution in [0.25, 0.3) is 21.8 Å². The Morgan fingerprint density at radius 1 is 1.35 bits per heavy atom. The number of carbonyl (C=O) groups excluding carboxylic acids is 1. The molecule has 0 saturated heterocycles. The number of halogens is 3. The molecule has 31 heavy (non-hydrogen) atoms. The van der Waals surface area contributed by atoms with E-state index in [2.05, 4.69) is 27.3 Å². The van der Waals surface area contributed by atoms with Crippen molar-refractivity contribution in [3.05, 3.63) is 35.3 Å². The summed E-state index contributed by atoms with van der Waals surface area (Å²) in [6.07, 6.45) is -0.378. The highest BCUT2D eigenvalue weighted by molar-refractivity contribution is 7.19. The van der Waals surface area contributed by atoms with E-state index in [0.29, 0.717) is 39.1 Å². The third kappa shape index (κ3) is 4.34. The molecule has 0 spiro atoms. The molecule has 0 bridgehead atoms. The van der Waals surface area contributed by atoms with Gasteiger partial charge in [0.1, 0.15) is 6.54 Å². The summed E-state index contributed by atoms with van der Waals surface area (Å²) in [6, 6.07) is 3.77. The Morgan fingerprint density at radius 2 is 2.13 bits per heavy atom. The lowest BCUT2D eigenvalue weighted by Crippen LogP contribution is -2.20. The van der Waals surface area contributed by atoms with Crippen molar-refractivity contribution < 1.29 is 18.0 Å². The molecule has 1 N–H and O–H groups in total. The van der Waals surface area contributed by atoms with Gasteiger partial charge in [0.2, 0.25) is 5.91 Å². The van der Waals surface area contributed by atoms with Gasteiger partial charge >= 0.3 is 6.18 Å². The van der Waals surface area contributed by atoms with Gasteiger partial charge in [0.25, 0.3) is 0 Å². The lowest BCUT2D eigenvalue weighted by atomic mass is 9.86. The minimum Gasteiger partial charge on any atom is -0.302 e. The second-order valence-corrected chi connectivity index (χ2v) is 8.75. The van der Waals surface area contributed by atoms with Crippen LogP contribution in [0.2, 0.25) is 0 Å². The number of thiazole rings is 1. The van der Waals surface area contributed by atoms with Crippen LogP contribution in [0.5, 0.6) is 0 Å². The van der Waals surface area contributed by atoms with E-state index in [1.807, 2.05) is 19.1 Å². The van der Waals surface area contributed by atoms with Crippen LogP contribution in [0, 0.1) is 0 Å². The molecule has 0 aliphatic heterocycles. The highest BCUT2D eigenvalue weighted by Crippen LogP contribution is 2.47. The number of pyridine rings is 1. The first-order valence-corrected chi connectivity index (χ1v) is 10.9. The number of nitrogens with one attached hydrogen (secondary N) is 1. The van der Waals surface area contributed by atoms with Crippen LogP contribution in [0.3, 0.4) is 0 Å². The van der Waals surface area contributed by atoms with E-state index in [1.165, 1.54) is 18.3 Å². The number of amides is 1. The maximum Gasteiger partial charge on any atom is 0.408 e. The highest BCUT2D eigenvalue weighted by Gasteiger charge is 2.37. The van der Waals surface area contributed by atoms with Crippen molar-refractivity contribution >= 4 is 22.4 Å². The average molecular weight is 450 g/mol. The molecule has 10 heteroatoms. The zero-order valence-electron chi connectivity index (χ0n) is 17.4. The Morgan fingerprint density at radius 3 is 2.74 bits per heavy atom. The molecular formula is C21H22F3N5OS. The second-order valence-electron chi connectivity index (χ2n) is 7.75. The van der Waals surface area contributed by atoms with E-state index in [0.717, 1.165) is 28.8 Å². The molecule has 0 aromatic carbocycles. The fraction of sp³-hybridized carbons (Fsp3) is 0.429. The molecule has 0 saturated carbocycles. The van der Waals surface area contributed by atoms with Gasteiger partial charge in [0.15, 0.2) is 5.13 Å². The summed E-state index contributed by atoms with van der Waals surface area (Å²) >= 11 is 1.18. The molecule has 1 atom stereocenters. The van der Waals surface area contributed by atoms with Crippen molar-refractivity contribution in [3.63, 3.8) is 0 Å². The van der Waals surface area contributed by atoms with E-state index in [1.54, 1.807) is 6.20 Å². The molecular weight excluding hydrogens is 427 g/mol. The van der Waals surface area contributed by atoms with Gasteiger partial charge in [-0.3, -0.25) is 14.5 Å². The maximum absolute atomic E-state index is 13.4. The van der Waals surface area contributed by atoms with E-state index in [9.17, 15) is 18.0 Å². The smallest absolute Gasteiger partial charge is 0.302 e. The van der Waals surface area contributed by atoms with Gasteiger partial charge in [0, 0.05) is 29.9 Å². The average Bonchev–Trinajstić information content (AvgIpc) is 3.22. The summed E-state index contributed by atoms with van der Waals surface area (Å²) in [5.41, 5.74) is 4.02. The summed E-state index contributed by atoms with van der Waals surface area (Å²) in [4.78, 5) is 21.0. The first kappa shape index (κ1) is 21.5. The number of hydrogen-bond donors (Lipinski definition) is 1. The number of alkyl halides is 3. The Labute approximate surface area is 181 Å². The van der Waals surface area contributed by atoms with Crippen molar-refractivity contribution in [3.8, 4) is 21.8 Å². The largest absolute Gasteiger partial charge is 0.408 e. The zero-order chi connectivity index (χ0) is 22.3. The number of aromatic nitrogens is 4. The molecule has 3 aromatic rings. The van der Waals surface area contributed by atoms with Crippen LogP contribution in [0.15, 0.2) is 18.3 Å². The summed E-state index contributed by atoms with van der Waals surface area (Å²) in [5, 5.41) is 7.41. The van der Waals surface area contributed by atoms with Crippen molar-refractivity contribution in [2.75, 3.05) is 5.32 Å². The SMILES string of the molecule is CCCc1ccc(-c2nn(CC(F)(F)F)c3c2C(C)Cc2nc(NC(C)=O)sc2-3)cn1.